The Morgan fingerprint density at radius 1 is 0.645 bits per heavy atom. The number of para-hydroxylation sites is 1. The quantitative estimate of drug-likeness (QED) is 0.0391. The highest BCUT2D eigenvalue weighted by molar-refractivity contribution is 5.98. The number of carbonyl (C=O) groups excluding carboxylic acids is 7. The zero-order valence-corrected chi connectivity index (χ0v) is 34.7. The molecule has 7 atom stereocenters. The van der Waals surface area contributed by atoms with Crippen LogP contribution >= 0.6 is 0 Å². The summed E-state index contributed by atoms with van der Waals surface area (Å²) in [5, 5.41) is 43.1. The summed E-state index contributed by atoms with van der Waals surface area (Å²) in [5.74, 6) is -11.2. The van der Waals surface area contributed by atoms with E-state index in [1.807, 2.05) is 0 Å². The Kier molecular flexibility index (Phi) is 21.0. The number of carboxylic acid groups (broad SMARTS) is 3. The Bertz CT molecular complexity index is 1940. The summed E-state index contributed by atoms with van der Waals surface area (Å²) >= 11 is 0. The van der Waals surface area contributed by atoms with Crippen molar-refractivity contribution in [3.05, 3.63) is 36.0 Å². The minimum Gasteiger partial charge on any atom is -0.481 e. The molecule has 2 rings (SSSR count). The number of benzene rings is 1. The fourth-order valence-corrected chi connectivity index (χ4v) is 6.16. The third kappa shape index (κ3) is 17.5. The van der Waals surface area contributed by atoms with Gasteiger partial charge in [0.2, 0.25) is 41.4 Å². The predicted molar refractivity (Wildman–Crippen MR) is 220 cm³/mol. The highest BCUT2D eigenvalue weighted by atomic mass is 16.4. The number of aromatic nitrogens is 1. The molecular weight excluding hydrogens is 816 g/mol. The van der Waals surface area contributed by atoms with Crippen LogP contribution in [0.3, 0.4) is 0 Å². The number of aromatic amines is 1. The topological polar surface area (TPSA) is 397 Å². The van der Waals surface area contributed by atoms with Gasteiger partial charge in [0.1, 0.15) is 36.3 Å². The van der Waals surface area contributed by atoms with Crippen molar-refractivity contribution in [2.45, 2.75) is 121 Å². The van der Waals surface area contributed by atoms with Gasteiger partial charge in [-0.25, -0.2) is 4.79 Å². The first-order valence-corrected chi connectivity index (χ1v) is 19.9. The van der Waals surface area contributed by atoms with Gasteiger partial charge in [-0.05, 0) is 63.1 Å². The van der Waals surface area contributed by atoms with E-state index in [1.165, 1.54) is 6.92 Å². The fraction of sp³-hybridized carbons (Fsp3) is 0.538. The predicted octanol–water partition coefficient (Wildman–Crippen LogP) is -2.56. The highest BCUT2D eigenvalue weighted by Crippen LogP contribution is 2.20. The highest BCUT2D eigenvalue weighted by Gasteiger charge is 2.34. The van der Waals surface area contributed by atoms with Crippen molar-refractivity contribution < 1.29 is 63.3 Å². The second kappa shape index (κ2) is 25.2. The van der Waals surface area contributed by atoms with E-state index in [0.29, 0.717) is 22.9 Å². The number of carboxylic acids is 3. The van der Waals surface area contributed by atoms with Crippen LogP contribution in [0.1, 0.15) is 77.7 Å². The first-order valence-electron chi connectivity index (χ1n) is 19.9. The maximum Gasteiger partial charge on any atom is 0.326 e. The lowest BCUT2D eigenvalue weighted by molar-refractivity contribution is -0.143. The Morgan fingerprint density at radius 3 is 1.81 bits per heavy atom. The first-order chi connectivity index (χ1) is 29.1. The third-order valence-electron chi connectivity index (χ3n) is 9.44. The largest absolute Gasteiger partial charge is 0.481 e. The zero-order chi connectivity index (χ0) is 46.7. The number of nitrogens with one attached hydrogen (secondary N) is 7. The number of amides is 7. The van der Waals surface area contributed by atoms with Gasteiger partial charge in [0, 0.05) is 29.9 Å². The molecule has 0 bridgehead atoms. The second-order valence-electron chi connectivity index (χ2n) is 15.2. The Labute approximate surface area is 356 Å². The summed E-state index contributed by atoms with van der Waals surface area (Å²) in [7, 11) is 0. The zero-order valence-electron chi connectivity index (χ0n) is 34.7. The molecule has 342 valence electrons. The molecule has 7 amide bonds. The van der Waals surface area contributed by atoms with Gasteiger partial charge in [0.05, 0.1) is 18.9 Å². The average Bonchev–Trinajstić information content (AvgIpc) is 3.60. The van der Waals surface area contributed by atoms with E-state index >= 15 is 0 Å². The molecule has 0 spiro atoms. The Morgan fingerprint density at radius 2 is 1.21 bits per heavy atom. The molecular formula is C39H58N10O13. The summed E-state index contributed by atoms with van der Waals surface area (Å²) in [4.78, 5) is 130. The Balaban J connectivity index is 2.41. The SMILES string of the molecule is CC(C)C[C@H](NC(=O)[C@@H](N)CCC(=O)O)C(=O)N[C@@H](CC(=O)O)C(=O)N[C@@H](CCCCN)C(=O)N[C@@H](Cc1c[nH]c2ccccc12)C(=O)N[C@@H](C)C(=O)N[C@@H](CC(N)=O)C(=O)O. The summed E-state index contributed by atoms with van der Waals surface area (Å²) in [6.07, 6.45) is -0.303. The molecule has 62 heavy (non-hydrogen) atoms. The van der Waals surface area contributed by atoms with Crippen molar-refractivity contribution in [1.82, 2.24) is 36.9 Å². The maximum absolute atomic E-state index is 14.1. The Hall–Kier alpha value is -6.62. The molecule has 0 unspecified atom stereocenters. The van der Waals surface area contributed by atoms with Crippen LogP contribution in [0, 0.1) is 5.92 Å². The lowest BCUT2D eigenvalue weighted by Crippen LogP contribution is -2.60. The van der Waals surface area contributed by atoms with E-state index in [-0.39, 0.29) is 44.6 Å². The summed E-state index contributed by atoms with van der Waals surface area (Å²) in [6.45, 7) is 4.90. The molecule has 1 heterocycles. The van der Waals surface area contributed by atoms with E-state index < -0.39 is 121 Å². The maximum atomic E-state index is 14.1. The number of H-pyrrole nitrogens is 1. The van der Waals surface area contributed by atoms with E-state index in [0.717, 1.165) is 0 Å². The number of aliphatic carboxylic acids is 3. The molecule has 0 aliphatic heterocycles. The summed E-state index contributed by atoms with van der Waals surface area (Å²) in [5.41, 5.74) is 17.8. The number of nitrogens with two attached hydrogens (primary N) is 3. The van der Waals surface area contributed by atoms with Gasteiger partial charge < -0.3 is 69.4 Å². The van der Waals surface area contributed by atoms with Crippen LogP contribution in [0.2, 0.25) is 0 Å². The first kappa shape index (κ1) is 51.5. The number of hydrogen-bond acceptors (Lipinski definition) is 12. The van der Waals surface area contributed by atoms with Crippen molar-refractivity contribution in [1.29, 1.82) is 0 Å². The molecule has 23 heteroatoms. The molecule has 2 aromatic rings. The van der Waals surface area contributed by atoms with Gasteiger partial charge in [-0.2, -0.15) is 0 Å². The monoisotopic (exact) mass is 874 g/mol. The number of hydrogen-bond donors (Lipinski definition) is 13. The van der Waals surface area contributed by atoms with E-state index in [2.05, 4.69) is 36.9 Å². The van der Waals surface area contributed by atoms with Crippen LogP contribution < -0.4 is 49.1 Å². The molecule has 0 saturated carbocycles. The summed E-state index contributed by atoms with van der Waals surface area (Å²) < 4.78 is 0. The molecule has 1 aromatic carbocycles. The van der Waals surface area contributed by atoms with Gasteiger partial charge >= 0.3 is 17.9 Å². The smallest absolute Gasteiger partial charge is 0.326 e. The minimum absolute atomic E-state index is 0.0163. The standard InChI is InChI=1S/C39H58N10O13/c1-19(2)14-26(46-34(56)23(41)11-12-31(51)52)37(59)48-28(17-32(53)54)38(60)45-25(10-6-7-13-40)35(57)47-27(15-21-18-43-24-9-5-4-8-22(21)24)36(58)44-20(3)33(55)49-29(39(61)62)16-30(42)50/h4-5,8-9,18-20,23,25-29,43H,6-7,10-17,40-41H2,1-3H3,(H2,42,50)(H,44,58)(H,45,60)(H,46,56)(H,47,57)(H,48,59)(H,49,55)(H,51,52)(H,53,54)(H,61,62)/t20-,23-,25-,26-,27-,28-,29-/m0/s1. The van der Waals surface area contributed by atoms with Crippen LogP contribution in [-0.2, 0) is 54.4 Å². The lowest BCUT2D eigenvalue weighted by Gasteiger charge is -2.27. The lowest BCUT2D eigenvalue weighted by atomic mass is 10.0. The molecule has 0 aliphatic carbocycles. The van der Waals surface area contributed by atoms with Crippen LogP contribution in [0.25, 0.3) is 10.9 Å². The van der Waals surface area contributed by atoms with E-state index in [4.69, 9.17) is 22.3 Å². The average molecular weight is 875 g/mol. The van der Waals surface area contributed by atoms with Gasteiger partial charge in [-0.1, -0.05) is 32.0 Å². The van der Waals surface area contributed by atoms with Crippen LogP contribution in [-0.4, -0.2) is 128 Å². The molecule has 0 aliphatic rings. The third-order valence-corrected chi connectivity index (χ3v) is 9.44. The normalized spacial score (nSPS) is 14.5. The number of fused-ring (bicyclic) bond motifs is 1. The number of unbranched alkanes of at least 4 members (excludes halogenated alkanes) is 1. The van der Waals surface area contributed by atoms with Gasteiger partial charge in [0.25, 0.3) is 0 Å². The molecule has 16 N–H and O–H groups in total. The molecule has 23 nitrogen and oxygen atoms in total. The molecule has 0 radical (unpaired) electrons. The molecule has 0 saturated heterocycles. The number of carbonyl (C=O) groups is 10. The van der Waals surface area contributed by atoms with Gasteiger partial charge in [0.15, 0.2) is 0 Å². The van der Waals surface area contributed by atoms with E-state index in [9.17, 15) is 58.2 Å². The van der Waals surface area contributed by atoms with Crippen LogP contribution in [0.5, 0.6) is 0 Å². The van der Waals surface area contributed by atoms with Crippen LogP contribution in [0.15, 0.2) is 30.5 Å². The minimum atomic E-state index is -1.79. The fourth-order valence-electron chi connectivity index (χ4n) is 6.16. The second-order valence-corrected chi connectivity index (χ2v) is 15.2. The van der Waals surface area contributed by atoms with Crippen molar-refractivity contribution in [3.8, 4) is 0 Å². The van der Waals surface area contributed by atoms with Gasteiger partial charge in [-0.15, -0.1) is 0 Å². The van der Waals surface area contributed by atoms with Crippen molar-refractivity contribution >= 4 is 70.2 Å². The van der Waals surface area contributed by atoms with Gasteiger partial charge in [-0.3, -0.25) is 43.2 Å². The number of rotatable bonds is 28. The molecule has 0 fully saturated rings. The van der Waals surface area contributed by atoms with E-state index in [1.54, 1.807) is 44.3 Å². The van der Waals surface area contributed by atoms with Crippen molar-refractivity contribution in [2.75, 3.05) is 6.54 Å². The number of primary amides is 1. The van der Waals surface area contributed by atoms with Crippen molar-refractivity contribution in [3.63, 3.8) is 0 Å². The summed E-state index contributed by atoms with van der Waals surface area (Å²) in [6, 6.07) is -3.32. The van der Waals surface area contributed by atoms with Crippen LogP contribution in [0.4, 0.5) is 0 Å². The molecule has 1 aromatic heterocycles. The van der Waals surface area contributed by atoms with Crippen molar-refractivity contribution in [2.24, 2.45) is 23.1 Å².